The summed E-state index contributed by atoms with van der Waals surface area (Å²) < 4.78 is 22.9. The molecular formula is C16H19N3O7. The minimum atomic E-state index is -1.00. The smallest absolute Gasteiger partial charge is 0.303 e. The number of ether oxygens (including phenoxy) is 4. The Morgan fingerprint density at radius 3 is 2.31 bits per heavy atom. The van der Waals surface area contributed by atoms with Gasteiger partial charge in [0, 0.05) is 20.8 Å². The van der Waals surface area contributed by atoms with Gasteiger partial charge in [-0.05, 0) is 6.92 Å². The fraction of sp³-hybridized carbons (Fsp3) is 0.562. The van der Waals surface area contributed by atoms with E-state index in [9.17, 15) is 14.4 Å². The molecule has 0 amide bonds. The zero-order chi connectivity index (χ0) is 19.4. The zero-order valence-electron chi connectivity index (χ0n) is 14.8. The molecule has 26 heavy (non-hydrogen) atoms. The van der Waals surface area contributed by atoms with Crippen molar-refractivity contribution in [3.8, 4) is 6.07 Å². The molecule has 0 aromatic carbocycles. The van der Waals surface area contributed by atoms with E-state index in [4.69, 9.17) is 24.2 Å². The van der Waals surface area contributed by atoms with Crippen LogP contribution in [0.1, 0.15) is 38.4 Å². The Balaban J connectivity index is 2.39. The Hall–Kier alpha value is -2.93. The van der Waals surface area contributed by atoms with Gasteiger partial charge in [0.2, 0.25) is 0 Å². The summed E-state index contributed by atoms with van der Waals surface area (Å²) in [6.45, 7) is 5.11. The Morgan fingerprint density at radius 2 is 1.81 bits per heavy atom. The number of nitrogens with zero attached hydrogens (tertiary/aromatic N) is 3. The summed E-state index contributed by atoms with van der Waals surface area (Å²) in [6.07, 6.45) is -2.39. The van der Waals surface area contributed by atoms with Gasteiger partial charge in [0.25, 0.3) is 0 Å². The van der Waals surface area contributed by atoms with Gasteiger partial charge in [-0.15, -0.1) is 0 Å². The van der Waals surface area contributed by atoms with Crippen molar-refractivity contribution < 1.29 is 33.3 Å². The highest BCUT2D eigenvalue weighted by Crippen LogP contribution is 2.35. The van der Waals surface area contributed by atoms with E-state index in [1.165, 1.54) is 31.7 Å². The first kappa shape index (κ1) is 19.4. The summed E-state index contributed by atoms with van der Waals surface area (Å²) in [5, 5.41) is 9.08. The third-order valence-corrected chi connectivity index (χ3v) is 3.76. The van der Waals surface area contributed by atoms with Crippen LogP contribution in [-0.4, -0.2) is 52.4 Å². The van der Waals surface area contributed by atoms with Crippen LogP contribution >= 0.6 is 0 Å². The number of hydrogen-bond acceptors (Lipinski definition) is 9. The summed E-state index contributed by atoms with van der Waals surface area (Å²) in [4.78, 5) is 38.1. The van der Waals surface area contributed by atoms with Gasteiger partial charge in [-0.3, -0.25) is 14.4 Å². The van der Waals surface area contributed by atoms with Gasteiger partial charge in [-0.25, -0.2) is 4.98 Å². The van der Waals surface area contributed by atoms with Crippen LogP contribution in [0.3, 0.4) is 0 Å². The van der Waals surface area contributed by atoms with Crippen LogP contribution in [0.25, 0.3) is 0 Å². The van der Waals surface area contributed by atoms with E-state index in [0.717, 1.165) is 0 Å². The van der Waals surface area contributed by atoms with Gasteiger partial charge in [0.1, 0.15) is 18.8 Å². The van der Waals surface area contributed by atoms with E-state index in [1.54, 1.807) is 6.92 Å². The monoisotopic (exact) mass is 365 g/mol. The number of hydrogen-bond donors (Lipinski definition) is 0. The minimum absolute atomic E-state index is 0.183. The maximum atomic E-state index is 11.5. The first-order chi connectivity index (χ1) is 12.2. The van der Waals surface area contributed by atoms with Crippen LogP contribution in [0.5, 0.6) is 0 Å². The molecule has 1 aliphatic heterocycles. The van der Waals surface area contributed by atoms with Gasteiger partial charge in [0.15, 0.2) is 24.1 Å². The van der Waals surface area contributed by atoms with Crippen LogP contribution in [0, 0.1) is 18.3 Å². The van der Waals surface area contributed by atoms with Gasteiger partial charge in [-0.1, -0.05) is 0 Å². The zero-order valence-corrected chi connectivity index (χ0v) is 14.8. The summed E-state index contributed by atoms with van der Waals surface area (Å²) in [5.41, 5.74) is 0.673. The van der Waals surface area contributed by atoms with Crippen LogP contribution < -0.4 is 0 Å². The molecule has 0 radical (unpaired) electrons. The number of rotatable bonds is 5. The lowest BCUT2D eigenvalue weighted by Gasteiger charge is -2.24. The van der Waals surface area contributed by atoms with E-state index < -0.39 is 42.4 Å². The van der Waals surface area contributed by atoms with E-state index in [0.29, 0.717) is 5.69 Å². The molecule has 4 atom stereocenters. The van der Waals surface area contributed by atoms with E-state index in [2.05, 4.69) is 4.98 Å². The summed E-state index contributed by atoms with van der Waals surface area (Å²) in [7, 11) is 0. The summed E-state index contributed by atoms with van der Waals surface area (Å²) in [6, 6.07) is 1.94. The predicted molar refractivity (Wildman–Crippen MR) is 83.3 cm³/mol. The van der Waals surface area contributed by atoms with E-state index >= 15 is 0 Å². The third-order valence-electron chi connectivity index (χ3n) is 3.76. The largest absolute Gasteiger partial charge is 0.463 e. The number of carbonyl (C=O) groups is 3. The molecule has 0 bridgehead atoms. The van der Waals surface area contributed by atoms with Gasteiger partial charge in [0.05, 0.1) is 12.0 Å². The second-order valence-corrected chi connectivity index (χ2v) is 5.71. The normalized spacial score (nSPS) is 24.6. The lowest BCUT2D eigenvalue weighted by Crippen LogP contribution is -2.40. The number of esters is 3. The lowest BCUT2D eigenvalue weighted by molar-refractivity contribution is -0.166. The van der Waals surface area contributed by atoms with Crippen LogP contribution in [0.15, 0.2) is 6.33 Å². The highest BCUT2D eigenvalue weighted by molar-refractivity contribution is 5.68. The third kappa shape index (κ3) is 4.18. The molecule has 1 aliphatic rings. The quantitative estimate of drug-likeness (QED) is 0.537. The van der Waals surface area contributed by atoms with Crippen molar-refractivity contribution in [2.24, 2.45) is 0 Å². The summed E-state index contributed by atoms with van der Waals surface area (Å²) in [5.74, 6) is -1.75. The molecule has 0 saturated carbocycles. The van der Waals surface area contributed by atoms with Crippen molar-refractivity contribution >= 4 is 17.9 Å². The Labute approximate surface area is 149 Å². The van der Waals surface area contributed by atoms with Crippen LogP contribution in [-0.2, 0) is 33.3 Å². The van der Waals surface area contributed by atoms with Crippen molar-refractivity contribution in [1.29, 1.82) is 5.26 Å². The number of imidazole rings is 1. The molecule has 10 heteroatoms. The molecule has 0 unspecified atom stereocenters. The first-order valence-corrected chi connectivity index (χ1v) is 7.81. The average molecular weight is 365 g/mol. The second kappa shape index (κ2) is 7.97. The first-order valence-electron chi connectivity index (χ1n) is 7.81. The fourth-order valence-corrected chi connectivity index (χ4v) is 2.71. The van der Waals surface area contributed by atoms with E-state index in [1.807, 2.05) is 6.07 Å². The lowest BCUT2D eigenvalue weighted by atomic mass is 10.1. The fourth-order valence-electron chi connectivity index (χ4n) is 2.71. The van der Waals surface area contributed by atoms with Crippen molar-refractivity contribution in [2.45, 2.75) is 52.2 Å². The molecule has 2 heterocycles. The molecular weight excluding hydrogens is 346 g/mol. The maximum Gasteiger partial charge on any atom is 0.303 e. The van der Waals surface area contributed by atoms with Crippen molar-refractivity contribution in [3.63, 3.8) is 0 Å². The topological polar surface area (TPSA) is 130 Å². The predicted octanol–water partition coefficient (Wildman–Crippen LogP) is 0.387. The van der Waals surface area contributed by atoms with E-state index in [-0.39, 0.29) is 12.3 Å². The molecule has 10 nitrogen and oxygen atoms in total. The molecule has 0 N–H and O–H groups in total. The van der Waals surface area contributed by atoms with Crippen molar-refractivity contribution in [3.05, 3.63) is 17.7 Å². The average Bonchev–Trinajstić information content (AvgIpc) is 3.06. The Morgan fingerprint density at radius 1 is 1.19 bits per heavy atom. The number of aromatic nitrogens is 2. The molecule has 2 rings (SSSR count). The second-order valence-electron chi connectivity index (χ2n) is 5.71. The van der Waals surface area contributed by atoms with Crippen LogP contribution in [0.4, 0.5) is 0 Å². The highest BCUT2D eigenvalue weighted by atomic mass is 16.7. The molecule has 1 aromatic heterocycles. The molecule has 0 spiro atoms. The Bertz CT molecular complexity index is 752. The number of nitriles is 1. The van der Waals surface area contributed by atoms with Gasteiger partial charge < -0.3 is 23.5 Å². The molecule has 1 aromatic rings. The van der Waals surface area contributed by atoms with Gasteiger partial charge in [-0.2, -0.15) is 5.26 Å². The number of carbonyl (C=O) groups excluding carboxylic acids is 3. The molecule has 0 aliphatic carbocycles. The van der Waals surface area contributed by atoms with Crippen molar-refractivity contribution in [2.75, 3.05) is 6.61 Å². The van der Waals surface area contributed by atoms with Crippen LogP contribution in [0.2, 0.25) is 0 Å². The maximum absolute atomic E-state index is 11.5. The molecule has 1 fully saturated rings. The Kier molecular flexibility index (Phi) is 5.94. The molecule has 1 saturated heterocycles. The van der Waals surface area contributed by atoms with Crippen molar-refractivity contribution in [1.82, 2.24) is 9.55 Å². The SMILES string of the molecule is CC(=O)OC[C@H]1O[C@@H](n2cnc(C#N)c2C)[C@H](OC(C)=O)[C@@H]1OC(C)=O. The minimum Gasteiger partial charge on any atom is -0.463 e. The standard InChI is InChI=1S/C16H19N3O7/c1-8-12(5-17)18-7-19(8)16-15(25-11(4)22)14(24-10(3)21)13(26-16)6-23-9(2)20/h7,13-16H,6H2,1-4H3/t13-,14-,15-,16-/m1/s1. The highest BCUT2D eigenvalue weighted by Gasteiger charge is 2.50. The molecule has 140 valence electrons. The van der Waals surface area contributed by atoms with Gasteiger partial charge >= 0.3 is 17.9 Å². The summed E-state index contributed by atoms with van der Waals surface area (Å²) >= 11 is 0.